The van der Waals surface area contributed by atoms with Crippen molar-refractivity contribution in [1.29, 1.82) is 0 Å². The molecule has 3 heterocycles. The summed E-state index contributed by atoms with van der Waals surface area (Å²) in [4.78, 5) is 21.6. The largest absolute Gasteiger partial charge is 0.371 e. The highest BCUT2D eigenvalue weighted by Gasteiger charge is 2.41. The molecule has 1 atom stereocenters. The van der Waals surface area contributed by atoms with Crippen LogP contribution in [0.15, 0.2) is 10.9 Å². The zero-order valence-corrected chi connectivity index (χ0v) is 16.0. The van der Waals surface area contributed by atoms with E-state index in [1.54, 1.807) is 11.3 Å². The van der Waals surface area contributed by atoms with Crippen LogP contribution in [0.3, 0.4) is 0 Å². The van der Waals surface area contributed by atoms with Crippen LogP contribution >= 0.6 is 11.3 Å². The molecule has 0 N–H and O–H groups in total. The summed E-state index contributed by atoms with van der Waals surface area (Å²) in [5.41, 5.74) is 2.95. The number of rotatable bonds is 5. The standard InChI is InChI=1S/C19H29N3O2S/c1-15(16-2-3-16)10-18(23)22-8-9-24-19(13-22)4-6-21(7-5-19)11-17-12-25-14-20-17/h12,14-16H,2-11,13H2,1H3. The molecule has 1 unspecified atom stereocenters. The molecule has 1 saturated carbocycles. The molecule has 1 aliphatic carbocycles. The Morgan fingerprint density at radius 2 is 2.20 bits per heavy atom. The average molecular weight is 364 g/mol. The molecular formula is C19H29N3O2S. The second-order valence-corrected chi connectivity index (χ2v) is 8.84. The van der Waals surface area contributed by atoms with Crippen molar-refractivity contribution in [3.8, 4) is 0 Å². The second-order valence-electron chi connectivity index (χ2n) is 8.12. The van der Waals surface area contributed by atoms with Crippen LogP contribution in [0.5, 0.6) is 0 Å². The van der Waals surface area contributed by atoms with E-state index in [1.807, 2.05) is 5.51 Å². The lowest BCUT2D eigenvalue weighted by Crippen LogP contribution is -2.58. The number of hydrogen-bond donors (Lipinski definition) is 0. The van der Waals surface area contributed by atoms with E-state index in [2.05, 4.69) is 27.1 Å². The Labute approximate surface area is 154 Å². The second kappa shape index (κ2) is 7.33. The van der Waals surface area contributed by atoms with Crippen LogP contribution in [0.4, 0.5) is 0 Å². The Morgan fingerprint density at radius 3 is 2.88 bits per heavy atom. The summed E-state index contributed by atoms with van der Waals surface area (Å²) in [5, 5.41) is 2.13. The highest BCUT2D eigenvalue weighted by atomic mass is 32.1. The fourth-order valence-corrected chi connectivity index (χ4v) is 4.81. The van der Waals surface area contributed by atoms with Crippen LogP contribution in [0.25, 0.3) is 0 Å². The first-order chi connectivity index (χ1) is 12.1. The number of amides is 1. The fraction of sp³-hybridized carbons (Fsp3) is 0.789. The first-order valence-corrected chi connectivity index (χ1v) is 10.6. The predicted octanol–water partition coefficient (Wildman–Crippen LogP) is 2.77. The molecule has 4 rings (SSSR count). The van der Waals surface area contributed by atoms with E-state index in [1.165, 1.54) is 12.8 Å². The van der Waals surface area contributed by atoms with Gasteiger partial charge in [0.1, 0.15) is 0 Å². The van der Waals surface area contributed by atoms with Gasteiger partial charge in [-0.05, 0) is 37.5 Å². The van der Waals surface area contributed by atoms with E-state index >= 15 is 0 Å². The quantitative estimate of drug-likeness (QED) is 0.807. The minimum Gasteiger partial charge on any atom is -0.371 e. The lowest BCUT2D eigenvalue weighted by molar-refractivity contribution is -0.160. The average Bonchev–Trinajstić information content (AvgIpc) is 3.35. The van der Waals surface area contributed by atoms with Crippen LogP contribution in [-0.2, 0) is 16.1 Å². The summed E-state index contributed by atoms with van der Waals surface area (Å²) in [6.45, 7) is 7.46. The number of likely N-dealkylation sites (tertiary alicyclic amines) is 1. The molecule has 2 saturated heterocycles. The Balaban J connectivity index is 1.29. The molecule has 0 bridgehead atoms. The maximum Gasteiger partial charge on any atom is 0.223 e. The highest BCUT2D eigenvalue weighted by Crippen LogP contribution is 2.39. The van der Waals surface area contributed by atoms with Crippen LogP contribution in [-0.4, -0.2) is 59.1 Å². The van der Waals surface area contributed by atoms with Crippen molar-refractivity contribution in [2.45, 2.75) is 51.2 Å². The molecule has 3 aliphatic rings. The van der Waals surface area contributed by atoms with Gasteiger partial charge in [0.2, 0.25) is 5.91 Å². The van der Waals surface area contributed by atoms with Crippen molar-refractivity contribution in [2.75, 3.05) is 32.8 Å². The molecule has 1 amide bonds. The van der Waals surface area contributed by atoms with Crippen molar-refractivity contribution in [2.24, 2.45) is 11.8 Å². The van der Waals surface area contributed by atoms with E-state index in [-0.39, 0.29) is 5.60 Å². The molecule has 0 aromatic carbocycles. The molecule has 1 aromatic rings. The molecule has 2 aliphatic heterocycles. The van der Waals surface area contributed by atoms with Gasteiger partial charge < -0.3 is 9.64 Å². The van der Waals surface area contributed by atoms with Crippen LogP contribution < -0.4 is 0 Å². The van der Waals surface area contributed by atoms with Crippen molar-refractivity contribution in [3.63, 3.8) is 0 Å². The summed E-state index contributed by atoms with van der Waals surface area (Å²) in [6.07, 6.45) is 5.38. The third-order valence-electron chi connectivity index (χ3n) is 6.16. The van der Waals surface area contributed by atoms with Gasteiger partial charge in [-0.25, -0.2) is 4.98 Å². The number of carbonyl (C=O) groups excluding carboxylic acids is 1. The van der Waals surface area contributed by atoms with E-state index in [9.17, 15) is 4.79 Å². The number of ether oxygens (including phenoxy) is 1. The van der Waals surface area contributed by atoms with Crippen molar-refractivity contribution < 1.29 is 9.53 Å². The number of piperidine rings is 1. The van der Waals surface area contributed by atoms with Gasteiger partial charge in [-0.2, -0.15) is 0 Å². The first kappa shape index (κ1) is 17.4. The molecule has 1 spiro atoms. The van der Waals surface area contributed by atoms with Gasteiger partial charge in [-0.3, -0.25) is 9.69 Å². The molecule has 5 nitrogen and oxygen atoms in total. The molecule has 1 aromatic heterocycles. The predicted molar refractivity (Wildman–Crippen MR) is 98.4 cm³/mol. The number of hydrogen-bond acceptors (Lipinski definition) is 5. The Hall–Kier alpha value is -0.980. The summed E-state index contributed by atoms with van der Waals surface area (Å²) in [7, 11) is 0. The Kier molecular flexibility index (Phi) is 5.11. The van der Waals surface area contributed by atoms with Gasteiger partial charge in [0.05, 0.1) is 23.4 Å². The van der Waals surface area contributed by atoms with Gasteiger partial charge in [0.15, 0.2) is 0 Å². The summed E-state index contributed by atoms with van der Waals surface area (Å²) >= 11 is 1.66. The topological polar surface area (TPSA) is 45.7 Å². The van der Waals surface area contributed by atoms with Gasteiger partial charge in [-0.15, -0.1) is 11.3 Å². The van der Waals surface area contributed by atoms with Crippen LogP contribution in [0.2, 0.25) is 0 Å². The SMILES string of the molecule is CC(CC(=O)N1CCOC2(CCN(Cc3cscn3)CC2)C1)C1CC1. The first-order valence-electron chi connectivity index (χ1n) is 9.65. The summed E-state index contributed by atoms with van der Waals surface area (Å²) in [5.74, 6) is 1.69. The Bertz CT molecular complexity index is 579. The van der Waals surface area contributed by atoms with Crippen LogP contribution in [0.1, 0.15) is 44.7 Å². The number of aromatic nitrogens is 1. The normalized spacial score (nSPS) is 25.2. The maximum absolute atomic E-state index is 12.7. The maximum atomic E-state index is 12.7. The number of carbonyl (C=O) groups is 1. The third kappa shape index (κ3) is 4.23. The lowest BCUT2D eigenvalue weighted by Gasteiger charge is -2.47. The van der Waals surface area contributed by atoms with Gasteiger partial charge in [0.25, 0.3) is 0 Å². The zero-order chi connectivity index (χ0) is 17.3. The fourth-order valence-electron chi connectivity index (χ4n) is 4.26. The lowest BCUT2D eigenvalue weighted by atomic mass is 9.89. The third-order valence-corrected chi connectivity index (χ3v) is 6.80. The van der Waals surface area contributed by atoms with Crippen molar-refractivity contribution in [3.05, 3.63) is 16.6 Å². The van der Waals surface area contributed by atoms with E-state index in [4.69, 9.17) is 4.74 Å². The zero-order valence-electron chi connectivity index (χ0n) is 15.2. The van der Waals surface area contributed by atoms with Crippen molar-refractivity contribution in [1.82, 2.24) is 14.8 Å². The smallest absolute Gasteiger partial charge is 0.223 e. The van der Waals surface area contributed by atoms with E-state index in [0.717, 1.165) is 63.6 Å². The van der Waals surface area contributed by atoms with E-state index in [0.29, 0.717) is 18.4 Å². The molecule has 3 fully saturated rings. The van der Waals surface area contributed by atoms with Crippen LogP contribution in [0, 0.1) is 11.8 Å². The monoisotopic (exact) mass is 363 g/mol. The molecule has 138 valence electrons. The number of morpholine rings is 1. The minimum atomic E-state index is -0.116. The highest BCUT2D eigenvalue weighted by molar-refractivity contribution is 7.07. The van der Waals surface area contributed by atoms with Crippen molar-refractivity contribution >= 4 is 17.2 Å². The van der Waals surface area contributed by atoms with Gasteiger partial charge in [0, 0.05) is 44.5 Å². The van der Waals surface area contributed by atoms with Gasteiger partial charge in [-0.1, -0.05) is 6.92 Å². The summed E-state index contributed by atoms with van der Waals surface area (Å²) < 4.78 is 6.20. The number of thiazole rings is 1. The minimum absolute atomic E-state index is 0.116. The summed E-state index contributed by atoms with van der Waals surface area (Å²) in [6, 6.07) is 0. The molecule has 6 heteroatoms. The molecule has 25 heavy (non-hydrogen) atoms. The Morgan fingerprint density at radius 1 is 1.40 bits per heavy atom. The molecular weight excluding hydrogens is 334 g/mol. The van der Waals surface area contributed by atoms with Gasteiger partial charge >= 0.3 is 0 Å². The van der Waals surface area contributed by atoms with E-state index < -0.39 is 0 Å². The number of nitrogens with zero attached hydrogens (tertiary/aromatic N) is 3. The molecule has 0 radical (unpaired) electrons.